The first-order chi connectivity index (χ1) is 9.58. The Morgan fingerprint density at radius 3 is 2.85 bits per heavy atom. The summed E-state index contributed by atoms with van der Waals surface area (Å²) in [5, 5.41) is 9.05. The van der Waals surface area contributed by atoms with Crippen molar-refractivity contribution >= 4 is 17.7 Å². The van der Waals surface area contributed by atoms with E-state index >= 15 is 0 Å². The van der Waals surface area contributed by atoms with Gasteiger partial charge in [-0.15, -0.1) is 0 Å². The fraction of sp³-hybridized carbons (Fsp3) is 0.143. The number of hydrogen-bond acceptors (Lipinski definition) is 3. The zero-order valence-electron chi connectivity index (χ0n) is 10.6. The molecule has 0 saturated heterocycles. The van der Waals surface area contributed by atoms with Crippen molar-refractivity contribution in [1.29, 1.82) is 5.26 Å². The van der Waals surface area contributed by atoms with Gasteiger partial charge < -0.3 is 4.74 Å². The second kappa shape index (κ2) is 5.76. The lowest BCUT2D eigenvalue weighted by Gasteiger charge is -2.03. The van der Waals surface area contributed by atoms with Crippen LogP contribution in [0.2, 0.25) is 5.02 Å². The van der Waals surface area contributed by atoms with Gasteiger partial charge in [-0.1, -0.05) is 23.7 Å². The zero-order valence-corrected chi connectivity index (χ0v) is 11.3. The highest BCUT2D eigenvalue weighted by Crippen LogP contribution is 2.30. The molecular weight excluding hydrogens is 283 g/mol. The lowest BCUT2D eigenvalue weighted by Crippen LogP contribution is -2.11. The number of carbonyl (C=O) groups is 1. The minimum absolute atomic E-state index is 0.0460. The van der Waals surface area contributed by atoms with Gasteiger partial charge in [0.1, 0.15) is 11.9 Å². The average molecular weight is 293 g/mol. The van der Waals surface area contributed by atoms with Crippen molar-refractivity contribution in [1.82, 2.24) is 4.57 Å². The number of carbonyl (C=O) groups excluding carboxylic acids is 1. The molecule has 0 aliphatic rings. The van der Waals surface area contributed by atoms with Crippen molar-refractivity contribution in [2.45, 2.75) is 6.92 Å². The summed E-state index contributed by atoms with van der Waals surface area (Å²) in [5.74, 6) is -0.632. The molecule has 0 aliphatic carbocycles. The number of hydrogen-bond donors (Lipinski definition) is 0. The number of halogens is 2. The predicted molar refractivity (Wildman–Crippen MR) is 72.0 cm³/mol. The van der Waals surface area contributed by atoms with Gasteiger partial charge in [0.05, 0.1) is 17.2 Å². The highest BCUT2D eigenvalue weighted by Gasteiger charge is 2.17. The molecule has 0 spiro atoms. The normalized spacial score (nSPS) is 10.1. The molecule has 0 N–H and O–H groups in total. The molecule has 0 aliphatic heterocycles. The van der Waals surface area contributed by atoms with Gasteiger partial charge >= 0.3 is 6.09 Å². The first kappa shape index (κ1) is 14.1. The first-order valence-electron chi connectivity index (χ1n) is 5.82. The van der Waals surface area contributed by atoms with E-state index in [1.54, 1.807) is 13.0 Å². The highest BCUT2D eigenvalue weighted by atomic mass is 35.5. The van der Waals surface area contributed by atoms with Crippen LogP contribution in [0.3, 0.4) is 0 Å². The van der Waals surface area contributed by atoms with E-state index in [9.17, 15) is 9.18 Å². The van der Waals surface area contributed by atoms with E-state index in [4.69, 9.17) is 21.6 Å². The van der Waals surface area contributed by atoms with Crippen molar-refractivity contribution in [3.8, 4) is 17.2 Å². The van der Waals surface area contributed by atoms with Crippen molar-refractivity contribution in [2.24, 2.45) is 0 Å². The third kappa shape index (κ3) is 2.51. The lowest BCUT2D eigenvalue weighted by atomic mass is 10.1. The molecule has 4 nitrogen and oxygen atoms in total. The third-order valence-corrected chi connectivity index (χ3v) is 2.96. The summed E-state index contributed by atoms with van der Waals surface area (Å²) in [4.78, 5) is 11.6. The van der Waals surface area contributed by atoms with Crippen LogP contribution >= 0.6 is 11.6 Å². The summed E-state index contributed by atoms with van der Waals surface area (Å²) in [7, 11) is 0. The third-order valence-electron chi connectivity index (χ3n) is 2.67. The molecule has 2 aromatic rings. The SMILES string of the molecule is CCOC(=O)n1cc(C#N)c(-c2cccc(Cl)c2F)c1. The molecule has 0 unspecified atom stereocenters. The number of rotatable bonds is 2. The molecule has 0 radical (unpaired) electrons. The van der Waals surface area contributed by atoms with Crippen molar-refractivity contribution in [3.63, 3.8) is 0 Å². The Morgan fingerprint density at radius 2 is 2.20 bits per heavy atom. The summed E-state index contributed by atoms with van der Waals surface area (Å²) in [6.07, 6.45) is 2.02. The second-order valence-corrected chi connectivity index (χ2v) is 4.31. The van der Waals surface area contributed by atoms with Gasteiger partial charge in [0, 0.05) is 23.5 Å². The maximum Gasteiger partial charge on any atom is 0.417 e. The standard InChI is InChI=1S/C14H10ClFN2O2/c1-2-20-14(19)18-7-9(6-17)11(8-18)10-4-3-5-12(15)13(10)16/h3-5,7-8H,2H2,1H3. The van der Waals surface area contributed by atoms with E-state index < -0.39 is 11.9 Å². The van der Waals surface area contributed by atoms with Crippen LogP contribution in [-0.2, 0) is 4.74 Å². The van der Waals surface area contributed by atoms with Crippen LogP contribution in [0.4, 0.5) is 9.18 Å². The van der Waals surface area contributed by atoms with Crippen molar-refractivity contribution < 1.29 is 13.9 Å². The van der Waals surface area contributed by atoms with Crippen LogP contribution in [0.1, 0.15) is 12.5 Å². The molecule has 1 aromatic carbocycles. The number of nitriles is 1. The first-order valence-corrected chi connectivity index (χ1v) is 6.19. The Kier molecular flexibility index (Phi) is 4.06. The van der Waals surface area contributed by atoms with Gasteiger partial charge in [-0.05, 0) is 13.0 Å². The van der Waals surface area contributed by atoms with Gasteiger partial charge in [-0.25, -0.2) is 9.18 Å². The molecule has 20 heavy (non-hydrogen) atoms. The maximum atomic E-state index is 14.0. The summed E-state index contributed by atoms with van der Waals surface area (Å²) in [5.41, 5.74) is 0.622. The molecular formula is C14H10ClFN2O2. The molecule has 0 fully saturated rings. The number of nitrogens with zero attached hydrogens (tertiary/aromatic N) is 2. The van der Waals surface area contributed by atoms with Crippen molar-refractivity contribution in [3.05, 3.63) is 47.0 Å². The predicted octanol–water partition coefficient (Wildman–Crippen LogP) is 3.82. The molecule has 0 atom stereocenters. The van der Waals surface area contributed by atoms with E-state index in [0.717, 1.165) is 4.57 Å². The zero-order chi connectivity index (χ0) is 14.7. The molecule has 1 heterocycles. The van der Waals surface area contributed by atoms with E-state index in [1.165, 1.54) is 24.5 Å². The summed E-state index contributed by atoms with van der Waals surface area (Å²) < 4.78 is 19.9. The Morgan fingerprint density at radius 1 is 1.45 bits per heavy atom. The minimum Gasteiger partial charge on any atom is -0.449 e. The summed E-state index contributed by atoms with van der Waals surface area (Å²) in [6.45, 7) is 1.88. The van der Waals surface area contributed by atoms with Gasteiger partial charge in [0.25, 0.3) is 0 Å². The molecule has 102 valence electrons. The Balaban J connectivity index is 2.54. The quantitative estimate of drug-likeness (QED) is 0.845. The monoisotopic (exact) mass is 292 g/mol. The van der Waals surface area contributed by atoms with Crippen molar-refractivity contribution in [2.75, 3.05) is 6.61 Å². The largest absolute Gasteiger partial charge is 0.449 e. The minimum atomic E-state index is -0.632. The van der Waals surface area contributed by atoms with Gasteiger partial charge in [0.2, 0.25) is 0 Å². The second-order valence-electron chi connectivity index (χ2n) is 3.90. The van der Waals surface area contributed by atoms with E-state index in [-0.39, 0.29) is 22.8 Å². The number of aromatic nitrogens is 1. The van der Waals surface area contributed by atoms with Crippen LogP contribution in [0.5, 0.6) is 0 Å². The topological polar surface area (TPSA) is 55.0 Å². The van der Waals surface area contributed by atoms with Crippen LogP contribution in [0.15, 0.2) is 30.6 Å². The molecule has 6 heteroatoms. The van der Waals surface area contributed by atoms with Gasteiger partial charge in [-0.2, -0.15) is 5.26 Å². The average Bonchev–Trinajstić information content (AvgIpc) is 2.86. The van der Waals surface area contributed by atoms with Crippen LogP contribution in [0, 0.1) is 17.1 Å². The number of benzene rings is 1. The summed E-state index contributed by atoms with van der Waals surface area (Å²) in [6, 6.07) is 6.40. The highest BCUT2D eigenvalue weighted by molar-refractivity contribution is 6.31. The molecule has 0 bridgehead atoms. The lowest BCUT2D eigenvalue weighted by molar-refractivity contribution is 0.154. The Labute approximate surface area is 120 Å². The Bertz CT molecular complexity index is 704. The van der Waals surface area contributed by atoms with Crippen LogP contribution < -0.4 is 0 Å². The molecule has 1 aromatic heterocycles. The van der Waals surface area contributed by atoms with E-state index in [2.05, 4.69) is 0 Å². The van der Waals surface area contributed by atoms with Crippen LogP contribution in [-0.4, -0.2) is 17.3 Å². The molecule has 0 saturated carbocycles. The van der Waals surface area contributed by atoms with Crippen LogP contribution in [0.25, 0.3) is 11.1 Å². The molecule has 0 amide bonds. The summed E-state index contributed by atoms with van der Waals surface area (Å²) >= 11 is 5.72. The smallest absolute Gasteiger partial charge is 0.417 e. The Hall–Kier alpha value is -2.32. The fourth-order valence-electron chi connectivity index (χ4n) is 1.77. The van der Waals surface area contributed by atoms with Gasteiger partial charge in [0.15, 0.2) is 0 Å². The van der Waals surface area contributed by atoms with E-state index in [1.807, 2.05) is 6.07 Å². The van der Waals surface area contributed by atoms with Gasteiger partial charge in [-0.3, -0.25) is 4.57 Å². The fourth-order valence-corrected chi connectivity index (χ4v) is 1.95. The van der Waals surface area contributed by atoms with E-state index in [0.29, 0.717) is 5.56 Å². The number of ether oxygens (including phenoxy) is 1. The maximum absolute atomic E-state index is 14.0. The molecule has 2 rings (SSSR count).